The molecule has 0 spiro atoms. The summed E-state index contributed by atoms with van der Waals surface area (Å²) in [4.78, 5) is 24.6. The van der Waals surface area contributed by atoms with Crippen LogP contribution in [0.5, 0.6) is 17.2 Å². The number of hydrogen-bond acceptors (Lipinski definition) is 5. The Balaban J connectivity index is 1.49. The molecule has 214 valence electrons. The second kappa shape index (κ2) is 16.0. The summed E-state index contributed by atoms with van der Waals surface area (Å²) in [6, 6.07) is 18.1. The van der Waals surface area contributed by atoms with Crippen LogP contribution >= 0.6 is 11.6 Å². The van der Waals surface area contributed by atoms with Crippen LogP contribution in [0.2, 0.25) is 0 Å². The van der Waals surface area contributed by atoms with Gasteiger partial charge in [-0.15, -0.1) is 11.6 Å². The van der Waals surface area contributed by atoms with E-state index in [1.807, 2.05) is 26.0 Å². The third-order valence-electron chi connectivity index (χ3n) is 6.45. The average Bonchev–Trinajstić information content (AvgIpc) is 2.95. The van der Waals surface area contributed by atoms with Crippen LogP contribution in [-0.2, 0) is 4.79 Å². The summed E-state index contributed by atoms with van der Waals surface area (Å²) < 4.78 is 30.8. The number of benzene rings is 3. The number of carbonyl (C=O) groups is 2. The van der Waals surface area contributed by atoms with Gasteiger partial charge in [0.15, 0.2) is 11.6 Å². The molecule has 0 saturated heterocycles. The molecular weight excluding hydrogens is 531 g/mol. The van der Waals surface area contributed by atoms with Crippen LogP contribution < -0.4 is 14.2 Å². The first kappa shape index (κ1) is 31.2. The zero-order valence-electron chi connectivity index (χ0n) is 23.5. The average molecular weight is 569 g/mol. The van der Waals surface area contributed by atoms with Crippen LogP contribution in [0.3, 0.4) is 0 Å². The largest absolute Gasteiger partial charge is 0.491 e. The second-order valence-electron chi connectivity index (χ2n) is 10.1. The smallest absolute Gasteiger partial charge is 0.343 e. The van der Waals surface area contributed by atoms with E-state index in [0.29, 0.717) is 18.1 Å². The lowest BCUT2D eigenvalue weighted by Crippen LogP contribution is -2.25. The number of unbranched alkanes of at least 4 members (excludes halogenated alkanes) is 6. The topological polar surface area (TPSA) is 61.8 Å². The Kier molecular flexibility index (Phi) is 12.5. The Labute approximate surface area is 241 Å². The number of ether oxygens (including phenoxy) is 3. The monoisotopic (exact) mass is 568 g/mol. The minimum atomic E-state index is -0.711. The van der Waals surface area contributed by atoms with E-state index in [2.05, 4.69) is 6.92 Å². The van der Waals surface area contributed by atoms with Gasteiger partial charge in [-0.1, -0.05) is 83.6 Å². The molecule has 0 saturated carbocycles. The zero-order valence-corrected chi connectivity index (χ0v) is 24.2. The van der Waals surface area contributed by atoms with Gasteiger partial charge in [0.05, 0.1) is 12.2 Å². The van der Waals surface area contributed by atoms with E-state index in [4.69, 9.17) is 25.8 Å². The Morgan fingerprint density at radius 3 is 1.88 bits per heavy atom. The van der Waals surface area contributed by atoms with Crippen molar-refractivity contribution >= 4 is 23.5 Å². The van der Waals surface area contributed by atoms with Crippen LogP contribution in [0.4, 0.5) is 4.39 Å². The van der Waals surface area contributed by atoms with Gasteiger partial charge in [0.25, 0.3) is 0 Å². The Bertz CT molecular complexity index is 1220. The molecule has 1 unspecified atom stereocenters. The van der Waals surface area contributed by atoms with Gasteiger partial charge in [0.1, 0.15) is 16.9 Å². The van der Waals surface area contributed by atoms with E-state index < -0.39 is 23.1 Å². The highest BCUT2D eigenvalue weighted by molar-refractivity contribution is 6.30. The highest BCUT2D eigenvalue weighted by Gasteiger charge is 2.21. The van der Waals surface area contributed by atoms with E-state index in [0.717, 1.165) is 36.5 Å². The van der Waals surface area contributed by atoms with Crippen LogP contribution in [0.25, 0.3) is 11.1 Å². The van der Waals surface area contributed by atoms with Crippen molar-refractivity contribution in [3.05, 3.63) is 78.1 Å². The van der Waals surface area contributed by atoms with E-state index in [1.165, 1.54) is 37.8 Å². The molecule has 0 N–H and O–H groups in total. The lowest BCUT2D eigenvalue weighted by atomic mass is 10.1. The molecule has 0 bridgehead atoms. The molecule has 3 rings (SSSR count). The molecule has 0 amide bonds. The molecule has 0 aromatic heterocycles. The molecular formula is C33H38ClFO5. The minimum Gasteiger partial charge on any atom is -0.491 e. The predicted octanol–water partition coefficient (Wildman–Crippen LogP) is 9.01. The Morgan fingerprint density at radius 1 is 0.775 bits per heavy atom. The van der Waals surface area contributed by atoms with E-state index >= 15 is 0 Å². The molecule has 40 heavy (non-hydrogen) atoms. The van der Waals surface area contributed by atoms with Crippen molar-refractivity contribution in [1.29, 1.82) is 0 Å². The maximum atomic E-state index is 14.5. The Hall–Kier alpha value is -3.38. The van der Waals surface area contributed by atoms with E-state index in [9.17, 15) is 14.0 Å². The van der Waals surface area contributed by atoms with Crippen molar-refractivity contribution in [2.75, 3.05) is 6.61 Å². The van der Waals surface area contributed by atoms with Gasteiger partial charge in [-0.3, -0.25) is 4.79 Å². The van der Waals surface area contributed by atoms with Gasteiger partial charge in [-0.25, -0.2) is 9.18 Å². The summed E-state index contributed by atoms with van der Waals surface area (Å²) in [5.41, 5.74) is 1.87. The van der Waals surface area contributed by atoms with Gasteiger partial charge in [-0.05, 0) is 65.9 Å². The highest BCUT2D eigenvalue weighted by atomic mass is 35.5. The molecule has 0 heterocycles. The molecule has 0 fully saturated rings. The first-order valence-corrected chi connectivity index (χ1v) is 14.4. The summed E-state index contributed by atoms with van der Waals surface area (Å²) >= 11 is 6.06. The fourth-order valence-electron chi connectivity index (χ4n) is 4.03. The van der Waals surface area contributed by atoms with Crippen molar-refractivity contribution in [2.45, 2.75) is 71.1 Å². The summed E-state index contributed by atoms with van der Waals surface area (Å²) in [6.45, 7) is 6.35. The minimum absolute atomic E-state index is 0.0296. The number of alkyl halides is 1. The first-order valence-electron chi connectivity index (χ1n) is 14.0. The molecule has 0 aliphatic carbocycles. The molecule has 5 nitrogen and oxygen atoms in total. The van der Waals surface area contributed by atoms with E-state index in [-0.39, 0.29) is 17.2 Å². The normalized spacial score (nSPS) is 11.8. The Morgan fingerprint density at radius 2 is 1.32 bits per heavy atom. The quantitative estimate of drug-likeness (QED) is 0.0792. The van der Waals surface area contributed by atoms with Crippen LogP contribution in [0.1, 0.15) is 76.1 Å². The van der Waals surface area contributed by atoms with Gasteiger partial charge < -0.3 is 14.2 Å². The predicted molar refractivity (Wildman–Crippen MR) is 157 cm³/mol. The van der Waals surface area contributed by atoms with Gasteiger partial charge in [0.2, 0.25) is 0 Å². The van der Waals surface area contributed by atoms with Crippen LogP contribution in [0, 0.1) is 11.7 Å². The molecule has 3 aromatic carbocycles. The summed E-state index contributed by atoms with van der Waals surface area (Å²) in [5, 5.41) is -0.711. The number of rotatable bonds is 15. The molecule has 0 radical (unpaired) electrons. The first-order chi connectivity index (χ1) is 19.3. The standard InChI is InChI=1S/C33H38ClFO5/c1-4-5-6-7-8-9-10-21-38-30-20-15-26(22-29(30)35)32(36)39-27-16-11-24(12-17-27)25-13-18-28(19-14-25)40-33(37)31(34)23(2)3/h11-20,22-23,31H,4-10,21H2,1-3H3. The third-order valence-corrected chi connectivity index (χ3v) is 7.14. The molecule has 1 atom stereocenters. The van der Waals surface area contributed by atoms with E-state index in [1.54, 1.807) is 36.4 Å². The van der Waals surface area contributed by atoms with Gasteiger partial charge in [-0.2, -0.15) is 0 Å². The second-order valence-corrected chi connectivity index (χ2v) is 10.6. The van der Waals surface area contributed by atoms with Crippen LogP contribution in [0.15, 0.2) is 66.7 Å². The summed E-state index contributed by atoms with van der Waals surface area (Å²) in [5.74, 6) is -0.884. The van der Waals surface area contributed by atoms with Gasteiger partial charge >= 0.3 is 11.9 Å². The van der Waals surface area contributed by atoms with Crippen molar-refractivity contribution in [3.8, 4) is 28.4 Å². The molecule has 0 aliphatic heterocycles. The molecule has 0 aliphatic rings. The fraction of sp³-hybridized carbons (Fsp3) is 0.394. The summed E-state index contributed by atoms with van der Waals surface area (Å²) in [7, 11) is 0. The van der Waals surface area contributed by atoms with Crippen molar-refractivity contribution in [2.24, 2.45) is 5.92 Å². The molecule has 7 heteroatoms. The van der Waals surface area contributed by atoms with Crippen molar-refractivity contribution in [3.63, 3.8) is 0 Å². The number of hydrogen-bond donors (Lipinski definition) is 0. The SMILES string of the molecule is CCCCCCCCCOc1ccc(C(=O)Oc2ccc(-c3ccc(OC(=O)C(Cl)C(C)C)cc3)cc2)cc1F. The zero-order chi connectivity index (χ0) is 28.9. The number of carbonyl (C=O) groups excluding carboxylic acids is 2. The van der Waals surface area contributed by atoms with Crippen molar-refractivity contribution < 1.29 is 28.2 Å². The summed E-state index contributed by atoms with van der Waals surface area (Å²) in [6.07, 6.45) is 8.07. The maximum absolute atomic E-state index is 14.5. The third kappa shape index (κ3) is 9.67. The van der Waals surface area contributed by atoms with Crippen LogP contribution in [-0.4, -0.2) is 23.9 Å². The lowest BCUT2D eigenvalue weighted by molar-refractivity contribution is -0.134. The molecule has 3 aromatic rings. The number of halogens is 2. The highest BCUT2D eigenvalue weighted by Crippen LogP contribution is 2.26. The lowest BCUT2D eigenvalue weighted by Gasteiger charge is -2.12. The number of esters is 2. The van der Waals surface area contributed by atoms with Crippen molar-refractivity contribution in [1.82, 2.24) is 0 Å². The maximum Gasteiger partial charge on any atom is 0.343 e. The fourth-order valence-corrected chi connectivity index (χ4v) is 4.07. The van der Waals surface area contributed by atoms with Gasteiger partial charge in [0, 0.05) is 0 Å².